The van der Waals surface area contributed by atoms with Gasteiger partial charge in [0, 0.05) is 34.5 Å². The smallest absolute Gasteiger partial charge is 0.333 e. The van der Waals surface area contributed by atoms with Crippen LogP contribution < -0.4 is 4.74 Å². The van der Waals surface area contributed by atoms with Gasteiger partial charge in [-0.1, -0.05) is 130 Å². The average Bonchev–Trinajstić information content (AvgIpc) is 2.99. The third-order valence-corrected chi connectivity index (χ3v) is 7.41. The minimum absolute atomic E-state index is 0.101. The molecule has 200 valence electrons. The second-order valence-electron chi connectivity index (χ2n) is 10.2. The van der Waals surface area contributed by atoms with E-state index in [1.54, 1.807) is 6.92 Å². The molecule has 0 heterocycles. The van der Waals surface area contributed by atoms with Crippen LogP contribution in [0.1, 0.15) is 78.8 Å². The van der Waals surface area contributed by atoms with Gasteiger partial charge >= 0.3 is 5.97 Å². The van der Waals surface area contributed by atoms with Gasteiger partial charge in [0.25, 0.3) is 0 Å². The molecular weight excluding hydrogens is 480 g/mol. The van der Waals surface area contributed by atoms with Crippen molar-refractivity contribution < 1.29 is 14.3 Å². The Morgan fingerprint density at radius 3 is 1.46 bits per heavy atom. The lowest BCUT2D eigenvalue weighted by Crippen LogP contribution is -2.15. The zero-order chi connectivity index (χ0) is 27.8. The van der Waals surface area contributed by atoms with Crippen molar-refractivity contribution in [2.45, 2.75) is 45.4 Å². The predicted octanol–water partition coefficient (Wildman–Crippen LogP) is 8.64. The summed E-state index contributed by atoms with van der Waals surface area (Å²) in [5.41, 5.74) is 7.60. The molecule has 0 aliphatic carbocycles. The van der Waals surface area contributed by atoms with Crippen LogP contribution in [-0.4, -0.2) is 19.2 Å². The highest BCUT2D eigenvalue weighted by Crippen LogP contribution is 2.42. The first-order valence-corrected chi connectivity index (χ1v) is 13.6. The molecule has 0 aliphatic heterocycles. The lowest BCUT2D eigenvalue weighted by atomic mass is 9.81. The van der Waals surface area contributed by atoms with E-state index < -0.39 is 5.97 Å². The number of carbonyl (C=O) groups excluding carboxylic acids is 1. The molecule has 0 bridgehead atoms. The second kappa shape index (κ2) is 13.1. The molecule has 39 heavy (non-hydrogen) atoms. The van der Waals surface area contributed by atoms with Crippen LogP contribution >= 0.6 is 0 Å². The van der Waals surface area contributed by atoms with Crippen LogP contribution in [0.25, 0.3) is 0 Å². The Hall–Kier alpha value is -4.11. The number of hydrogen-bond acceptors (Lipinski definition) is 3. The minimum atomic E-state index is -0.401. The van der Waals surface area contributed by atoms with E-state index in [0.717, 1.165) is 16.9 Å². The van der Waals surface area contributed by atoms with Gasteiger partial charge in [0.1, 0.15) is 19.0 Å². The van der Waals surface area contributed by atoms with E-state index in [4.69, 9.17) is 9.47 Å². The number of rotatable bonds is 11. The molecule has 4 aromatic carbocycles. The van der Waals surface area contributed by atoms with Crippen molar-refractivity contribution in [3.05, 3.63) is 149 Å². The van der Waals surface area contributed by atoms with Gasteiger partial charge in [-0.3, -0.25) is 0 Å². The zero-order valence-electron chi connectivity index (χ0n) is 23.4. The van der Waals surface area contributed by atoms with Gasteiger partial charge in [0.05, 0.1) is 0 Å². The molecule has 0 aliphatic rings. The van der Waals surface area contributed by atoms with Crippen molar-refractivity contribution in [1.82, 2.24) is 0 Å². The Balaban J connectivity index is 1.83. The second-order valence-corrected chi connectivity index (χ2v) is 10.2. The van der Waals surface area contributed by atoms with Crippen LogP contribution in [-0.2, 0) is 9.53 Å². The SMILES string of the molecule is C=C(C)C(=O)OCCOc1c(C(C)c2ccccc2)cc(C(C)c2ccccc2)cc1C(C)c1ccccc1. The van der Waals surface area contributed by atoms with E-state index in [-0.39, 0.29) is 31.0 Å². The standard InChI is InChI=1S/C36H38O3/c1-25(2)36(37)39-22-21-38-35-33(27(4)30-17-11-7-12-18-30)23-32(26(3)29-15-9-6-10-16-29)24-34(35)28(5)31-19-13-8-14-20-31/h6-20,23-24,26-28H,1,21-22H2,2-5H3. The third kappa shape index (κ3) is 6.86. The van der Waals surface area contributed by atoms with Gasteiger partial charge in [0.2, 0.25) is 0 Å². The van der Waals surface area contributed by atoms with Gasteiger partial charge in [-0.15, -0.1) is 0 Å². The zero-order valence-corrected chi connectivity index (χ0v) is 23.4. The molecule has 3 nitrogen and oxygen atoms in total. The highest BCUT2D eigenvalue weighted by molar-refractivity contribution is 5.86. The average molecular weight is 519 g/mol. The lowest BCUT2D eigenvalue weighted by molar-refractivity contribution is -0.139. The first-order chi connectivity index (χ1) is 18.9. The summed E-state index contributed by atoms with van der Waals surface area (Å²) in [6, 6.07) is 36.3. The van der Waals surface area contributed by atoms with Crippen molar-refractivity contribution >= 4 is 5.97 Å². The highest BCUT2D eigenvalue weighted by Gasteiger charge is 2.24. The van der Waals surface area contributed by atoms with Gasteiger partial charge in [0.15, 0.2) is 0 Å². The Morgan fingerprint density at radius 1 is 0.641 bits per heavy atom. The summed E-state index contributed by atoms with van der Waals surface area (Å²) in [6.07, 6.45) is 0. The number of esters is 1. The van der Waals surface area contributed by atoms with Gasteiger partial charge in [-0.25, -0.2) is 4.79 Å². The topological polar surface area (TPSA) is 35.5 Å². The van der Waals surface area contributed by atoms with Crippen LogP contribution in [0.3, 0.4) is 0 Å². The molecule has 0 saturated carbocycles. The number of hydrogen-bond donors (Lipinski definition) is 0. The maximum Gasteiger partial charge on any atom is 0.333 e. The van der Waals surface area contributed by atoms with Crippen LogP contribution in [0, 0.1) is 0 Å². The lowest BCUT2D eigenvalue weighted by Gasteiger charge is -2.26. The molecule has 0 amide bonds. The molecule has 0 fully saturated rings. The van der Waals surface area contributed by atoms with E-state index in [0.29, 0.717) is 5.57 Å². The fraction of sp³-hybridized carbons (Fsp3) is 0.250. The Bertz CT molecular complexity index is 1310. The van der Waals surface area contributed by atoms with Crippen LogP contribution in [0.15, 0.2) is 115 Å². The maximum atomic E-state index is 12.0. The van der Waals surface area contributed by atoms with E-state index in [9.17, 15) is 4.79 Å². The molecule has 3 heteroatoms. The van der Waals surface area contributed by atoms with E-state index in [2.05, 4.69) is 118 Å². The summed E-state index contributed by atoms with van der Waals surface area (Å²) in [7, 11) is 0. The largest absolute Gasteiger partial charge is 0.489 e. The first kappa shape index (κ1) is 27.9. The predicted molar refractivity (Wildman–Crippen MR) is 160 cm³/mol. The summed E-state index contributed by atoms with van der Waals surface area (Å²) in [4.78, 5) is 12.0. The summed E-state index contributed by atoms with van der Waals surface area (Å²) in [5.74, 6) is 0.868. The molecule has 0 spiro atoms. The van der Waals surface area contributed by atoms with Gasteiger partial charge < -0.3 is 9.47 Å². The first-order valence-electron chi connectivity index (χ1n) is 13.6. The molecule has 4 aromatic rings. The van der Waals surface area contributed by atoms with E-state index in [1.807, 2.05) is 12.1 Å². The van der Waals surface area contributed by atoms with Crippen molar-refractivity contribution in [1.29, 1.82) is 0 Å². The summed E-state index contributed by atoms with van der Waals surface area (Å²) < 4.78 is 11.9. The Labute approximate surface area is 233 Å². The fourth-order valence-electron chi connectivity index (χ4n) is 4.94. The van der Waals surface area contributed by atoms with Crippen LogP contribution in [0.2, 0.25) is 0 Å². The maximum absolute atomic E-state index is 12.0. The molecule has 0 saturated heterocycles. The van der Waals surface area contributed by atoms with Gasteiger partial charge in [-0.2, -0.15) is 0 Å². The minimum Gasteiger partial charge on any atom is -0.489 e. The summed E-state index contributed by atoms with van der Waals surface area (Å²) in [5, 5.41) is 0. The van der Waals surface area contributed by atoms with E-state index in [1.165, 1.54) is 22.3 Å². The normalized spacial score (nSPS) is 13.2. The molecule has 4 rings (SSSR count). The molecular formula is C36H38O3. The highest BCUT2D eigenvalue weighted by atomic mass is 16.6. The monoisotopic (exact) mass is 518 g/mol. The molecule has 0 aromatic heterocycles. The van der Waals surface area contributed by atoms with E-state index >= 15 is 0 Å². The number of ether oxygens (including phenoxy) is 2. The summed E-state index contributed by atoms with van der Waals surface area (Å²) >= 11 is 0. The molecule has 0 radical (unpaired) electrons. The third-order valence-electron chi connectivity index (χ3n) is 7.41. The van der Waals surface area contributed by atoms with Crippen LogP contribution in [0.4, 0.5) is 0 Å². The number of benzene rings is 4. The van der Waals surface area contributed by atoms with Crippen LogP contribution in [0.5, 0.6) is 5.75 Å². The van der Waals surface area contributed by atoms with Crippen molar-refractivity contribution in [3.63, 3.8) is 0 Å². The molecule has 3 atom stereocenters. The fourth-order valence-corrected chi connectivity index (χ4v) is 4.94. The Morgan fingerprint density at radius 2 is 1.05 bits per heavy atom. The Kier molecular flexibility index (Phi) is 9.38. The van der Waals surface area contributed by atoms with Crippen molar-refractivity contribution in [2.24, 2.45) is 0 Å². The molecule has 0 N–H and O–H groups in total. The quantitative estimate of drug-likeness (QED) is 0.113. The van der Waals surface area contributed by atoms with Crippen molar-refractivity contribution in [2.75, 3.05) is 13.2 Å². The van der Waals surface area contributed by atoms with Gasteiger partial charge in [-0.05, 0) is 29.2 Å². The summed E-state index contributed by atoms with van der Waals surface area (Å²) in [6.45, 7) is 12.5. The molecule has 3 unspecified atom stereocenters. The van der Waals surface area contributed by atoms with Crippen molar-refractivity contribution in [3.8, 4) is 5.75 Å². The number of carbonyl (C=O) groups is 1.